The number of alkyl carbamates (subject to hydrolysis) is 1. The highest BCUT2D eigenvalue weighted by atomic mass is 35.5. The number of amides is 2. The second kappa shape index (κ2) is 11.0. The Morgan fingerprint density at radius 1 is 1.08 bits per heavy atom. The summed E-state index contributed by atoms with van der Waals surface area (Å²) < 4.78 is 16.0. The van der Waals surface area contributed by atoms with Gasteiger partial charge < -0.3 is 35.1 Å². The van der Waals surface area contributed by atoms with E-state index in [-0.39, 0.29) is 16.7 Å². The molecule has 38 heavy (non-hydrogen) atoms. The van der Waals surface area contributed by atoms with Gasteiger partial charge in [-0.2, -0.15) is 0 Å². The summed E-state index contributed by atoms with van der Waals surface area (Å²) in [6.07, 6.45) is -2.56. The van der Waals surface area contributed by atoms with E-state index in [9.17, 15) is 34.2 Å². The molecule has 0 heterocycles. The van der Waals surface area contributed by atoms with Crippen LogP contribution in [0, 0.1) is 17.8 Å². The average Bonchev–Trinajstić information content (AvgIpc) is 3.47. The number of hydrogen-bond donors (Lipinski definition) is 4. The molecule has 208 valence electrons. The smallest absolute Gasteiger partial charge is 0.408 e. The normalized spacial score (nSPS) is 27.6. The van der Waals surface area contributed by atoms with Crippen LogP contribution in [0.4, 0.5) is 4.79 Å². The minimum absolute atomic E-state index is 0.218. The van der Waals surface area contributed by atoms with E-state index in [4.69, 9.17) is 37.4 Å². The Balaban J connectivity index is 2.01. The minimum Gasteiger partial charge on any atom is -0.481 e. The molecule has 2 aliphatic carbocycles. The Hall–Kier alpha value is -3.09. The molecular formula is C24H28Cl2N2O10. The second-order valence-corrected chi connectivity index (χ2v) is 10.9. The van der Waals surface area contributed by atoms with Crippen LogP contribution in [0.25, 0.3) is 0 Å². The molecule has 1 aromatic carbocycles. The van der Waals surface area contributed by atoms with Gasteiger partial charge in [0.15, 0.2) is 12.1 Å². The Kier molecular flexibility index (Phi) is 8.49. The van der Waals surface area contributed by atoms with Gasteiger partial charge in [-0.1, -0.05) is 29.3 Å². The molecule has 0 aliphatic heterocycles. The second-order valence-electron chi connectivity index (χ2n) is 10.1. The maximum absolute atomic E-state index is 12.8. The molecule has 2 saturated carbocycles. The Bertz CT molecular complexity index is 1150. The monoisotopic (exact) mass is 574 g/mol. The lowest BCUT2D eigenvalue weighted by atomic mass is 9.85. The molecule has 6 atom stereocenters. The lowest BCUT2D eigenvalue weighted by molar-refractivity contribution is -0.157. The molecule has 0 aromatic heterocycles. The van der Waals surface area contributed by atoms with Gasteiger partial charge in [-0.3, -0.25) is 14.4 Å². The molecule has 3 rings (SSSR count). The van der Waals surface area contributed by atoms with Crippen molar-refractivity contribution in [2.75, 3.05) is 6.61 Å². The molecule has 4 N–H and O–H groups in total. The van der Waals surface area contributed by atoms with Gasteiger partial charge in [0.25, 0.3) is 5.91 Å². The van der Waals surface area contributed by atoms with E-state index in [0.29, 0.717) is 5.56 Å². The van der Waals surface area contributed by atoms with Crippen LogP contribution < -0.4 is 10.6 Å². The standard InChI is InChI=1S/C24H28Cl2N2O10/c1-10(29)36-9-14(30)27-18-15-16(20(31)32)17(15)24(21(33)34,28-22(35)38-23(2,3)4)19(18)37-8-11-5-6-12(25)13(26)7-11/h5-7,15-19H,8-9H2,1-4H3,(H,27,30)(H,28,35)(H,31,32)(H,33,34)/t15-,16-,17-,18-,19+,24+/m0/s1. The summed E-state index contributed by atoms with van der Waals surface area (Å²) in [7, 11) is 0. The van der Waals surface area contributed by atoms with Crippen molar-refractivity contribution in [3.05, 3.63) is 33.8 Å². The predicted molar refractivity (Wildman–Crippen MR) is 131 cm³/mol. The van der Waals surface area contributed by atoms with Crippen LogP contribution in [0.5, 0.6) is 0 Å². The van der Waals surface area contributed by atoms with Crippen LogP contribution in [0.15, 0.2) is 18.2 Å². The molecule has 12 nitrogen and oxygen atoms in total. The molecule has 0 radical (unpaired) electrons. The van der Waals surface area contributed by atoms with Gasteiger partial charge in [0.1, 0.15) is 11.7 Å². The van der Waals surface area contributed by atoms with Gasteiger partial charge in [0, 0.05) is 18.8 Å². The van der Waals surface area contributed by atoms with Gasteiger partial charge in [-0.15, -0.1) is 0 Å². The van der Waals surface area contributed by atoms with Crippen molar-refractivity contribution in [1.82, 2.24) is 10.6 Å². The molecular weight excluding hydrogens is 547 g/mol. The van der Waals surface area contributed by atoms with Crippen molar-refractivity contribution in [3.8, 4) is 0 Å². The van der Waals surface area contributed by atoms with Gasteiger partial charge in [-0.05, 0) is 38.5 Å². The van der Waals surface area contributed by atoms with Gasteiger partial charge in [0.05, 0.1) is 28.6 Å². The van der Waals surface area contributed by atoms with Crippen LogP contribution in [0.3, 0.4) is 0 Å². The molecule has 14 heteroatoms. The number of benzene rings is 1. The molecule has 2 amide bonds. The number of hydrogen-bond acceptors (Lipinski definition) is 8. The maximum Gasteiger partial charge on any atom is 0.408 e. The number of aliphatic carboxylic acids is 2. The van der Waals surface area contributed by atoms with E-state index in [1.807, 2.05) is 0 Å². The fraction of sp³-hybridized carbons (Fsp3) is 0.542. The Labute approximate surface area is 227 Å². The molecule has 0 spiro atoms. The van der Waals surface area contributed by atoms with Crippen molar-refractivity contribution >= 4 is 53.1 Å². The fourth-order valence-electron chi connectivity index (χ4n) is 4.92. The lowest BCUT2D eigenvalue weighted by Crippen LogP contribution is -2.67. The fourth-order valence-corrected chi connectivity index (χ4v) is 5.24. The van der Waals surface area contributed by atoms with Crippen LogP contribution in [-0.4, -0.2) is 70.0 Å². The van der Waals surface area contributed by atoms with E-state index in [0.717, 1.165) is 6.92 Å². The first-order chi connectivity index (χ1) is 17.6. The van der Waals surface area contributed by atoms with Crippen LogP contribution in [0.1, 0.15) is 33.3 Å². The molecule has 0 saturated heterocycles. The maximum atomic E-state index is 12.8. The van der Waals surface area contributed by atoms with E-state index >= 15 is 0 Å². The largest absolute Gasteiger partial charge is 0.481 e. The van der Waals surface area contributed by atoms with Crippen LogP contribution >= 0.6 is 23.2 Å². The van der Waals surface area contributed by atoms with E-state index < -0.39 is 77.6 Å². The zero-order valence-corrected chi connectivity index (χ0v) is 22.5. The van der Waals surface area contributed by atoms with Crippen LogP contribution in [-0.2, 0) is 40.0 Å². The third-order valence-corrected chi connectivity index (χ3v) is 7.02. The molecule has 2 fully saturated rings. The summed E-state index contributed by atoms with van der Waals surface area (Å²) in [5, 5.41) is 25.6. The van der Waals surface area contributed by atoms with Crippen molar-refractivity contribution in [3.63, 3.8) is 0 Å². The molecule has 0 unspecified atom stereocenters. The summed E-state index contributed by atoms with van der Waals surface area (Å²) in [6, 6.07) is 3.41. The van der Waals surface area contributed by atoms with Gasteiger partial charge in [0.2, 0.25) is 0 Å². The highest BCUT2D eigenvalue weighted by Crippen LogP contribution is 2.63. The first-order valence-electron chi connectivity index (χ1n) is 11.5. The number of carbonyl (C=O) groups is 5. The summed E-state index contributed by atoms with van der Waals surface area (Å²) in [5.41, 5.74) is -2.78. The van der Waals surface area contributed by atoms with Crippen molar-refractivity contribution in [1.29, 1.82) is 0 Å². The number of ether oxygens (including phenoxy) is 3. The van der Waals surface area contributed by atoms with Gasteiger partial charge in [-0.25, -0.2) is 9.59 Å². The van der Waals surface area contributed by atoms with E-state index in [1.165, 1.54) is 12.1 Å². The Morgan fingerprint density at radius 3 is 2.26 bits per heavy atom. The SMILES string of the molecule is CC(=O)OCC(=O)N[C@H]1[C@H]2[C@H](C(=O)O)[C@H]2[C@](NC(=O)OC(C)(C)C)(C(=O)O)[C@@H]1OCc1ccc(Cl)c(Cl)c1. The third-order valence-electron chi connectivity index (χ3n) is 6.29. The molecule has 0 bridgehead atoms. The predicted octanol–water partition coefficient (Wildman–Crippen LogP) is 2.24. The van der Waals surface area contributed by atoms with Gasteiger partial charge >= 0.3 is 24.0 Å². The number of rotatable bonds is 9. The first-order valence-corrected chi connectivity index (χ1v) is 12.3. The van der Waals surface area contributed by atoms with E-state index in [1.54, 1.807) is 26.8 Å². The van der Waals surface area contributed by atoms with Crippen molar-refractivity contribution < 1.29 is 48.4 Å². The lowest BCUT2D eigenvalue weighted by Gasteiger charge is -2.38. The topological polar surface area (TPSA) is 178 Å². The third kappa shape index (κ3) is 6.13. The molecule has 2 aliphatic rings. The number of esters is 1. The summed E-state index contributed by atoms with van der Waals surface area (Å²) in [4.78, 5) is 61.3. The summed E-state index contributed by atoms with van der Waals surface area (Å²) in [6.45, 7) is 4.92. The number of carboxylic acid groups (broad SMARTS) is 2. The highest BCUT2D eigenvalue weighted by Gasteiger charge is 2.81. The van der Waals surface area contributed by atoms with Crippen molar-refractivity contribution in [2.24, 2.45) is 17.8 Å². The zero-order valence-electron chi connectivity index (χ0n) is 20.9. The summed E-state index contributed by atoms with van der Waals surface area (Å²) in [5.74, 6) is -7.69. The number of carbonyl (C=O) groups excluding carboxylic acids is 3. The zero-order chi connectivity index (χ0) is 28.6. The molecule has 1 aromatic rings. The van der Waals surface area contributed by atoms with Crippen molar-refractivity contribution in [2.45, 2.75) is 57.6 Å². The summed E-state index contributed by atoms with van der Waals surface area (Å²) >= 11 is 12.0. The first kappa shape index (κ1) is 29.5. The Morgan fingerprint density at radius 2 is 1.74 bits per heavy atom. The number of carboxylic acids is 2. The average molecular weight is 575 g/mol. The highest BCUT2D eigenvalue weighted by molar-refractivity contribution is 6.42. The van der Waals surface area contributed by atoms with Crippen LogP contribution in [0.2, 0.25) is 10.0 Å². The number of halogens is 2. The minimum atomic E-state index is -2.29. The number of nitrogens with one attached hydrogen (secondary N) is 2. The quantitative estimate of drug-likeness (QED) is 0.319. The number of fused-ring (bicyclic) bond motifs is 1. The van der Waals surface area contributed by atoms with E-state index in [2.05, 4.69) is 10.6 Å².